The summed E-state index contributed by atoms with van der Waals surface area (Å²) in [5.74, 6) is -0.967. The summed E-state index contributed by atoms with van der Waals surface area (Å²) in [7, 11) is 0. The fourth-order valence-corrected chi connectivity index (χ4v) is 3.40. The predicted octanol–water partition coefficient (Wildman–Crippen LogP) is 4.17. The molecule has 1 aromatic carbocycles. The Kier molecular flexibility index (Phi) is 4.13. The van der Waals surface area contributed by atoms with Crippen LogP contribution in [0.5, 0.6) is 0 Å². The third kappa shape index (κ3) is 3.41. The third-order valence-electron chi connectivity index (χ3n) is 2.86. The Hall–Kier alpha value is -2.65. The Bertz CT molecular complexity index is 891. The van der Waals surface area contributed by atoms with E-state index in [-0.39, 0.29) is 11.3 Å². The van der Waals surface area contributed by atoms with Crippen LogP contribution in [0, 0.1) is 15.9 Å². The molecule has 0 atom stereocenters. The molecule has 2 heterocycles. The molecule has 0 saturated carbocycles. The van der Waals surface area contributed by atoms with Crippen molar-refractivity contribution in [3.8, 4) is 10.6 Å². The normalized spacial score (nSPS) is 10.5. The van der Waals surface area contributed by atoms with Crippen LogP contribution in [0.2, 0.25) is 0 Å². The molecule has 0 aliphatic carbocycles. The standard InChI is InChI=1S/C14H8FN3O3S2/c15-9-3-1-2-8(4-9)13(19)17-14-16-11(7-23-14)12-5-10(6-22-12)18(20)21/h1-7H,(H,16,17,19). The largest absolute Gasteiger partial charge is 0.298 e. The Balaban J connectivity index is 1.76. The molecule has 0 spiro atoms. The Morgan fingerprint density at radius 1 is 1.26 bits per heavy atom. The van der Waals surface area contributed by atoms with Crippen LogP contribution < -0.4 is 5.32 Å². The van der Waals surface area contributed by atoms with Gasteiger partial charge in [0.15, 0.2) is 5.13 Å². The molecule has 0 fully saturated rings. The quantitative estimate of drug-likeness (QED) is 0.566. The molecule has 1 N–H and O–H groups in total. The average Bonchev–Trinajstić information content (AvgIpc) is 3.15. The second-order valence-electron chi connectivity index (χ2n) is 4.43. The van der Waals surface area contributed by atoms with Gasteiger partial charge in [-0.1, -0.05) is 6.07 Å². The van der Waals surface area contributed by atoms with Crippen molar-refractivity contribution in [3.05, 3.63) is 62.6 Å². The molecule has 0 aliphatic heterocycles. The van der Waals surface area contributed by atoms with Crippen LogP contribution in [-0.2, 0) is 0 Å². The van der Waals surface area contributed by atoms with E-state index in [1.54, 1.807) is 5.38 Å². The van der Waals surface area contributed by atoms with Crippen LogP contribution >= 0.6 is 22.7 Å². The van der Waals surface area contributed by atoms with Gasteiger partial charge in [-0.3, -0.25) is 20.2 Å². The van der Waals surface area contributed by atoms with E-state index in [0.29, 0.717) is 15.7 Å². The molecule has 23 heavy (non-hydrogen) atoms. The molecular formula is C14H8FN3O3S2. The Labute approximate surface area is 137 Å². The lowest BCUT2D eigenvalue weighted by Gasteiger charge is -2.01. The maximum absolute atomic E-state index is 13.1. The van der Waals surface area contributed by atoms with E-state index in [9.17, 15) is 19.3 Å². The van der Waals surface area contributed by atoms with Gasteiger partial charge in [0.2, 0.25) is 0 Å². The number of anilines is 1. The van der Waals surface area contributed by atoms with Crippen molar-refractivity contribution in [2.45, 2.75) is 0 Å². The summed E-state index contributed by atoms with van der Waals surface area (Å²) in [6.45, 7) is 0. The SMILES string of the molecule is O=C(Nc1nc(-c2cc([N+](=O)[O-])cs2)cs1)c1cccc(F)c1. The number of benzene rings is 1. The fraction of sp³-hybridized carbons (Fsp3) is 0. The van der Waals surface area contributed by atoms with Crippen molar-refractivity contribution in [1.82, 2.24) is 4.98 Å². The van der Waals surface area contributed by atoms with Crippen LogP contribution in [0.25, 0.3) is 10.6 Å². The number of thiazole rings is 1. The summed E-state index contributed by atoms with van der Waals surface area (Å²) in [6.07, 6.45) is 0. The average molecular weight is 349 g/mol. The van der Waals surface area contributed by atoms with Gasteiger partial charge in [-0.2, -0.15) is 0 Å². The zero-order valence-electron chi connectivity index (χ0n) is 11.4. The summed E-state index contributed by atoms with van der Waals surface area (Å²) < 4.78 is 13.1. The van der Waals surface area contributed by atoms with E-state index in [1.807, 2.05) is 0 Å². The number of nitrogens with one attached hydrogen (secondary N) is 1. The summed E-state index contributed by atoms with van der Waals surface area (Å²) in [5, 5.41) is 16.7. The first-order chi connectivity index (χ1) is 11.0. The molecule has 0 radical (unpaired) electrons. The van der Waals surface area contributed by atoms with Crippen LogP contribution in [0.15, 0.2) is 41.1 Å². The summed E-state index contributed by atoms with van der Waals surface area (Å²) >= 11 is 2.39. The van der Waals surface area contributed by atoms with Crippen molar-refractivity contribution in [1.29, 1.82) is 0 Å². The van der Waals surface area contributed by atoms with Crippen LogP contribution in [0.1, 0.15) is 10.4 Å². The maximum atomic E-state index is 13.1. The first kappa shape index (κ1) is 15.3. The number of carbonyl (C=O) groups is 1. The van der Waals surface area contributed by atoms with Crippen LogP contribution in [-0.4, -0.2) is 15.8 Å². The minimum absolute atomic E-state index is 0.00310. The molecule has 3 aromatic rings. The highest BCUT2D eigenvalue weighted by Crippen LogP contribution is 2.32. The lowest BCUT2D eigenvalue weighted by atomic mass is 10.2. The number of thiophene rings is 1. The Morgan fingerprint density at radius 2 is 2.09 bits per heavy atom. The molecular weight excluding hydrogens is 341 g/mol. The van der Waals surface area contributed by atoms with Gasteiger partial charge in [0, 0.05) is 17.0 Å². The molecule has 9 heteroatoms. The number of halogens is 1. The number of hydrogen-bond acceptors (Lipinski definition) is 6. The minimum Gasteiger partial charge on any atom is -0.298 e. The lowest BCUT2D eigenvalue weighted by molar-refractivity contribution is -0.384. The topological polar surface area (TPSA) is 85.1 Å². The highest BCUT2D eigenvalue weighted by atomic mass is 32.1. The molecule has 0 unspecified atom stereocenters. The third-order valence-corrected chi connectivity index (χ3v) is 4.56. The van der Waals surface area contributed by atoms with Gasteiger partial charge in [0.05, 0.1) is 20.9 Å². The number of aromatic nitrogens is 1. The summed E-state index contributed by atoms with van der Waals surface area (Å²) in [4.78, 5) is 27.1. The molecule has 2 aromatic heterocycles. The first-order valence-electron chi connectivity index (χ1n) is 6.28. The second-order valence-corrected chi connectivity index (χ2v) is 6.20. The number of nitro groups is 1. The molecule has 0 bridgehead atoms. The van der Waals surface area contributed by atoms with E-state index in [1.165, 1.54) is 52.3 Å². The smallest absolute Gasteiger partial charge is 0.280 e. The maximum Gasteiger partial charge on any atom is 0.280 e. The minimum atomic E-state index is -0.497. The number of nitrogens with zero attached hydrogens (tertiary/aromatic N) is 2. The van der Waals surface area contributed by atoms with Gasteiger partial charge in [-0.15, -0.1) is 22.7 Å². The number of rotatable bonds is 4. The van der Waals surface area contributed by atoms with Gasteiger partial charge >= 0.3 is 0 Å². The van der Waals surface area contributed by atoms with Crippen molar-refractivity contribution < 1.29 is 14.1 Å². The van der Waals surface area contributed by atoms with Crippen LogP contribution in [0.3, 0.4) is 0 Å². The van der Waals surface area contributed by atoms with Crippen molar-refractivity contribution >= 4 is 39.4 Å². The van der Waals surface area contributed by atoms with E-state index in [2.05, 4.69) is 10.3 Å². The van der Waals surface area contributed by atoms with Crippen molar-refractivity contribution in [2.75, 3.05) is 5.32 Å². The van der Waals surface area contributed by atoms with E-state index in [0.717, 1.165) is 6.07 Å². The van der Waals surface area contributed by atoms with E-state index in [4.69, 9.17) is 0 Å². The predicted molar refractivity (Wildman–Crippen MR) is 86.4 cm³/mol. The van der Waals surface area contributed by atoms with E-state index >= 15 is 0 Å². The Morgan fingerprint density at radius 3 is 2.78 bits per heavy atom. The van der Waals surface area contributed by atoms with Crippen molar-refractivity contribution in [3.63, 3.8) is 0 Å². The van der Waals surface area contributed by atoms with Gasteiger partial charge in [0.25, 0.3) is 11.6 Å². The molecule has 116 valence electrons. The lowest BCUT2D eigenvalue weighted by Crippen LogP contribution is -2.11. The number of carbonyl (C=O) groups excluding carboxylic acids is 1. The monoisotopic (exact) mass is 349 g/mol. The van der Waals surface area contributed by atoms with Gasteiger partial charge < -0.3 is 0 Å². The summed E-state index contributed by atoms with van der Waals surface area (Å²) in [5.41, 5.74) is 0.736. The fourth-order valence-electron chi connectivity index (χ4n) is 1.80. The number of amides is 1. The molecule has 0 aliphatic rings. The summed E-state index contributed by atoms with van der Waals surface area (Å²) in [6, 6.07) is 6.75. The molecule has 6 nitrogen and oxygen atoms in total. The number of hydrogen-bond donors (Lipinski definition) is 1. The zero-order chi connectivity index (χ0) is 16.4. The van der Waals surface area contributed by atoms with Gasteiger partial charge in [-0.05, 0) is 18.2 Å². The van der Waals surface area contributed by atoms with E-state index < -0.39 is 16.6 Å². The first-order valence-corrected chi connectivity index (χ1v) is 8.04. The van der Waals surface area contributed by atoms with Crippen LogP contribution in [0.4, 0.5) is 15.2 Å². The molecule has 0 saturated heterocycles. The molecule has 3 rings (SSSR count). The molecule has 1 amide bonds. The second kappa shape index (κ2) is 6.23. The highest BCUT2D eigenvalue weighted by Gasteiger charge is 2.14. The highest BCUT2D eigenvalue weighted by molar-refractivity contribution is 7.16. The zero-order valence-corrected chi connectivity index (χ0v) is 13.0. The van der Waals surface area contributed by atoms with Gasteiger partial charge in [0.1, 0.15) is 5.82 Å². The van der Waals surface area contributed by atoms with Crippen molar-refractivity contribution in [2.24, 2.45) is 0 Å². The van der Waals surface area contributed by atoms with Gasteiger partial charge in [-0.25, -0.2) is 9.37 Å².